The lowest BCUT2D eigenvalue weighted by atomic mass is 10.2. The highest BCUT2D eigenvalue weighted by Crippen LogP contribution is 2.41. The molecule has 0 bridgehead atoms. The quantitative estimate of drug-likeness (QED) is 0.757. The summed E-state index contributed by atoms with van der Waals surface area (Å²) in [4.78, 5) is 19.6. The molecule has 0 radical (unpaired) electrons. The van der Waals surface area contributed by atoms with Gasteiger partial charge < -0.3 is 14.5 Å². The fraction of sp³-hybridized carbons (Fsp3) is 0.222. The molecule has 1 aromatic rings. The molecule has 1 rings (SSSR count). The van der Waals surface area contributed by atoms with Crippen LogP contribution in [0.25, 0.3) is 0 Å². The van der Waals surface area contributed by atoms with Crippen molar-refractivity contribution in [2.75, 3.05) is 0 Å². The fourth-order valence-corrected chi connectivity index (χ4v) is 2.38. The molecule has 1 unspecified atom stereocenters. The van der Waals surface area contributed by atoms with Gasteiger partial charge in [-0.25, -0.2) is 9.36 Å². The molecule has 5 nitrogen and oxygen atoms in total. The molecule has 2 N–H and O–H groups in total. The summed E-state index contributed by atoms with van der Waals surface area (Å²) >= 11 is 0. The van der Waals surface area contributed by atoms with Gasteiger partial charge in [-0.2, -0.15) is 0 Å². The van der Waals surface area contributed by atoms with Crippen molar-refractivity contribution in [3.63, 3.8) is 0 Å². The summed E-state index contributed by atoms with van der Waals surface area (Å²) < 4.78 is 15.5. The first-order valence-electron chi connectivity index (χ1n) is 4.16. The Kier molecular flexibility index (Phi) is 3.17. The normalized spacial score (nSPS) is 14.3. The van der Waals surface area contributed by atoms with Gasteiger partial charge in [-0.1, -0.05) is 17.7 Å². The molecule has 0 fully saturated rings. The van der Waals surface area contributed by atoms with Crippen molar-refractivity contribution in [3.8, 4) is 0 Å². The van der Waals surface area contributed by atoms with Gasteiger partial charge in [0.1, 0.15) is 0 Å². The second-order valence-corrected chi connectivity index (χ2v) is 4.87. The molecule has 0 aliphatic heterocycles. The number of rotatable bonds is 2. The predicted molar refractivity (Wildman–Crippen MR) is 54.5 cm³/mol. The minimum Gasteiger partial charge on any atom is -0.449 e. The maximum atomic E-state index is 11.6. The maximum absolute atomic E-state index is 11.6. The van der Waals surface area contributed by atoms with Gasteiger partial charge in [-0.3, -0.25) is 0 Å². The van der Waals surface area contributed by atoms with E-state index in [1.54, 1.807) is 26.0 Å². The van der Waals surface area contributed by atoms with Crippen LogP contribution in [0.5, 0.6) is 0 Å². The van der Waals surface area contributed by atoms with Gasteiger partial charge in [-0.15, -0.1) is 0 Å². The Morgan fingerprint density at radius 1 is 1.40 bits per heavy atom. The Morgan fingerprint density at radius 3 is 2.53 bits per heavy atom. The average molecular weight is 230 g/mol. The zero-order chi connectivity index (χ0) is 11.6. The van der Waals surface area contributed by atoms with E-state index in [1.165, 1.54) is 6.07 Å². The highest BCUT2D eigenvalue weighted by Gasteiger charge is 2.28. The highest BCUT2D eigenvalue weighted by molar-refractivity contribution is 7.61. The molecule has 1 atom stereocenters. The molecule has 0 aliphatic carbocycles. The molecular formula is C9H11O5P. The molecule has 0 amide bonds. The molecule has 0 saturated heterocycles. The molecule has 15 heavy (non-hydrogen) atoms. The van der Waals surface area contributed by atoms with Gasteiger partial charge in [0.15, 0.2) is 0 Å². The Hall–Kier alpha value is -1.32. The van der Waals surface area contributed by atoms with E-state index < -0.39 is 13.8 Å². The minimum absolute atomic E-state index is 0.0184. The summed E-state index contributed by atoms with van der Waals surface area (Å²) in [5.41, 5.74) is 1.28. The van der Waals surface area contributed by atoms with Crippen molar-refractivity contribution >= 4 is 19.1 Å². The molecular weight excluding hydrogens is 219 g/mol. The van der Waals surface area contributed by atoms with E-state index in [-0.39, 0.29) is 5.30 Å². The first kappa shape index (κ1) is 11.8. The molecule has 0 aromatic heterocycles. The van der Waals surface area contributed by atoms with E-state index in [1.807, 2.05) is 0 Å². The van der Waals surface area contributed by atoms with E-state index in [0.717, 1.165) is 5.56 Å². The van der Waals surface area contributed by atoms with Crippen molar-refractivity contribution in [1.82, 2.24) is 0 Å². The van der Waals surface area contributed by atoms with Gasteiger partial charge in [-0.05, 0) is 25.5 Å². The number of benzene rings is 1. The van der Waals surface area contributed by atoms with E-state index in [9.17, 15) is 14.3 Å². The molecule has 0 aliphatic rings. The number of hydrogen-bond donors (Lipinski definition) is 2. The topological polar surface area (TPSA) is 83.8 Å². The van der Waals surface area contributed by atoms with Gasteiger partial charge in [0, 0.05) is 0 Å². The van der Waals surface area contributed by atoms with Gasteiger partial charge in [0.25, 0.3) is 0 Å². The second-order valence-electron chi connectivity index (χ2n) is 3.17. The first-order valence-corrected chi connectivity index (χ1v) is 5.74. The smallest absolute Gasteiger partial charge is 0.449 e. The Bertz CT molecular complexity index is 440. The fourth-order valence-electron chi connectivity index (χ4n) is 1.18. The molecule has 6 heteroatoms. The lowest BCUT2D eigenvalue weighted by Crippen LogP contribution is -2.13. The first-order chi connectivity index (χ1) is 6.83. The summed E-state index contributed by atoms with van der Waals surface area (Å²) in [5.74, 6) is 0. The van der Waals surface area contributed by atoms with Crippen LogP contribution >= 0.6 is 7.60 Å². The molecule has 0 spiro atoms. The monoisotopic (exact) mass is 230 g/mol. The summed E-state index contributed by atoms with van der Waals surface area (Å²) in [6.07, 6.45) is -1.76. The number of hydrogen-bond acceptors (Lipinski definition) is 3. The van der Waals surface area contributed by atoms with Crippen LogP contribution in [0.15, 0.2) is 18.2 Å². The summed E-state index contributed by atoms with van der Waals surface area (Å²) in [6.45, 7) is 3.35. The summed E-state index contributed by atoms with van der Waals surface area (Å²) in [7, 11) is -4.27. The molecule has 0 saturated carbocycles. The van der Waals surface area contributed by atoms with E-state index in [0.29, 0.717) is 5.56 Å². The zero-order valence-corrected chi connectivity index (χ0v) is 9.19. The van der Waals surface area contributed by atoms with Crippen LogP contribution in [0.1, 0.15) is 11.1 Å². The third-order valence-corrected chi connectivity index (χ3v) is 3.37. The number of aryl methyl sites for hydroxylation is 2. The van der Waals surface area contributed by atoms with Crippen LogP contribution in [-0.2, 0) is 9.09 Å². The summed E-state index contributed by atoms with van der Waals surface area (Å²) in [5, 5.41) is 8.33. The lowest BCUT2D eigenvalue weighted by molar-refractivity contribution is 0.140. The van der Waals surface area contributed by atoms with Gasteiger partial charge in [0.2, 0.25) is 0 Å². The van der Waals surface area contributed by atoms with Crippen LogP contribution in [0.3, 0.4) is 0 Å². The van der Waals surface area contributed by atoms with Gasteiger partial charge in [0.05, 0.1) is 5.30 Å². The van der Waals surface area contributed by atoms with Crippen LogP contribution in [-0.4, -0.2) is 16.2 Å². The number of carboxylic acid groups (broad SMARTS) is 1. The molecule has 1 aromatic carbocycles. The van der Waals surface area contributed by atoms with Crippen LogP contribution in [0.4, 0.5) is 4.79 Å². The van der Waals surface area contributed by atoms with Crippen molar-refractivity contribution in [2.45, 2.75) is 13.8 Å². The zero-order valence-electron chi connectivity index (χ0n) is 8.30. The highest BCUT2D eigenvalue weighted by atomic mass is 31.2. The third kappa shape index (κ3) is 2.81. The average Bonchev–Trinajstić information content (AvgIpc) is 2.06. The Balaban J connectivity index is 3.20. The third-order valence-electron chi connectivity index (χ3n) is 1.87. The second kappa shape index (κ2) is 4.04. The molecule has 82 valence electrons. The van der Waals surface area contributed by atoms with Crippen LogP contribution in [0, 0.1) is 13.8 Å². The van der Waals surface area contributed by atoms with Crippen molar-refractivity contribution in [1.29, 1.82) is 0 Å². The van der Waals surface area contributed by atoms with E-state index >= 15 is 0 Å². The standard InChI is InChI=1S/C9H11O5P/c1-6-3-4-7(2)8(5-6)15(12,13)14-9(10)11/h3-5H,1-2H3,(H,10,11)(H,12,13). The summed E-state index contributed by atoms with van der Waals surface area (Å²) in [6, 6.07) is 4.84. The van der Waals surface area contributed by atoms with Gasteiger partial charge >= 0.3 is 13.8 Å². The Morgan fingerprint density at radius 2 is 2.00 bits per heavy atom. The van der Waals surface area contributed by atoms with E-state index in [2.05, 4.69) is 4.52 Å². The van der Waals surface area contributed by atoms with Crippen molar-refractivity contribution in [2.24, 2.45) is 0 Å². The molecule has 0 heterocycles. The Labute approximate surface area is 86.9 Å². The van der Waals surface area contributed by atoms with Crippen LogP contribution < -0.4 is 5.30 Å². The van der Waals surface area contributed by atoms with Crippen LogP contribution in [0.2, 0.25) is 0 Å². The van der Waals surface area contributed by atoms with E-state index in [4.69, 9.17) is 5.11 Å². The lowest BCUT2D eigenvalue weighted by Gasteiger charge is -2.12. The maximum Gasteiger partial charge on any atom is 0.512 e. The SMILES string of the molecule is Cc1ccc(C)c(P(=O)(O)OC(=O)O)c1. The predicted octanol–water partition coefficient (Wildman–Crippen LogP) is 1.81. The number of carbonyl (C=O) groups is 1. The van der Waals surface area contributed by atoms with Crippen molar-refractivity contribution < 1.29 is 23.9 Å². The largest absolute Gasteiger partial charge is 0.512 e. The minimum atomic E-state index is -4.27. The van der Waals surface area contributed by atoms with Crippen molar-refractivity contribution in [3.05, 3.63) is 29.3 Å².